The summed E-state index contributed by atoms with van der Waals surface area (Å²) in [4.78, 5) is 28.6. The van der Waals surface area contributed by atoms with Crippen LogP contribution in [0, 0.1) is 5.82 Å². The molecule has 24 heavy (non-hydrogen) atoms. The molecule has 0 radical (unpaired) electrons. The summed E-state index contributed by atoms with van der Waals surface area (Å²) < 4.78 is 14.6. The van der Waals surface area contributed by atoms with Crippen LogP contribution in [0.15, 0.2) is 36.0 Å². The van der Waals surface area contributed by atoms with Crippen LogP contribution < -0.4 is 5.32 Å². The molecule has 0 aliphatic rings. The Morgan fingerprint density at radius 3 is 2.79 bits per heavy atom. The van der Waals surface area contributed by atoms with E-state index in [9.17, 15) is 14.0 Å². The predicted molar refractivity (Wildman–Crippen MR) is 87.5 cm³/mol. The largest absolute Gasteiger partial charge is 0.356 e. The number of carbonyl (C=O) groups is 2. The third-order valence-electron chi connectivity index (χ3n) is 3.54. The zero-order valence-corrected chi connectivity index (χ0v) is 13.6. The molecule has 0 fully saturated rings. The minimum Gasteiger partial charge on any atom is -0.356 e. The summed E-state index contributed by atoms with van der Waals surface area (Å²) >= 11 is 1.50. The Hall–Kier alpha value is -2.61. The number of fused-ring (bicyclic) bond motifs is 1. The maximum Gasteiger partial charge on any atom is 0.220 e. The molecule has 0 saturated heterocycles. The normalized spacial score (nSPS) is 10.9. The van der Waals surface area contributed by atoms with Crippen molar-refractivity contribution in [2.45, 2.75) is 19.3 Å². The average molecular weight is 346 g/mol. The quantitative estimate of drug-likeness (QED) is 0.666. The predicted octanol–water partition coefficient (Wildman–Crippen LogP) is 2.25. The number of halogens is 1. The summed E-state index contributed by atoms with van der Waals surface area (Å²) in [5.74, 6) is -0.748. The van der Waals surface area contributed by atoms with Crippen LogP contribution in [-0.2, 0) is 11.2 Å². The first-order chi connectivity index (χ1) is 11.6. The third-order valence-corrected chi connectivity index (χ3v) is 4.42. The Morgan fingerprint density at radius 1 is 1.21 bits per heavy atom. The number of benzene rings is 1. The van der Waals surface area contributed by atoms with E-state index in [0.717, 1.165) is 10.7 Å². The van der Waals surface area contributed by atoms with Crippen molar-refractivity contribution in [1.82, 2.24) is 19.9 Å². The van der Waals surface area contributed by atoms with Crippen LogP contribution in [0.25, 0.3) is 4.96 Å². The number of nitrogens with one attached hydrogen (secondary N) is 1. The van der Waals surface area contributed by atoms with E-state index in [1.54, 1.807) is 4.52 Å². The number of rotatable bonds is 7. The molecule has 8 heteroatoms. The van der Waals surface area contributed by atoms with Crippen molar-refractivity contribution >= 4 is 28.0 Å². The van der Waals surface area contributed by atoms with E-state index in [1.807, 2.05) is 5.38 Å². The SMILES string of the molecule is O=C(CCC(=O)c1ccc(F)cc1)NCCc1csc2ncnn12. The number of thiazole rings is 1. The molecular weight excluding hydrogens is 331 g/mol. The molecule has 0 unspecified atom stereocenters. The van der Waals surface area contributed by atoms with E-state index in [0.29, 0.717) is 18.5 Å². The van der Waals surface area contributed by atoms with Crippen molar-refractivity contribution in [1.29, 1.82) is 0 Å². The lowest BCUT2D eigenvalue weighted by molar-refractivity contribution is -0.121. The van der Waals surface area contributed by atoms with E-state index in [1.165, 1.54) is 41.9 Å². The molecule has 2 heterocycles. The molecule has 1 amide bonds. The van der Waals surface area contributed by atoms with Crippen LogP contribution in [-0.4, -0.2) is 32.8 Å². The van der Waals surface area contributed by atoms with E-state index in [-0.39, 0.29) is 30.3 Å². The van der Waals surface area contributed by atoms with Gasteiger partial charge in [-0.3, -0.25) is 9.59 Å². The van der Waals surface area contributed by atoms with Crippen LogP contribution in [0.1, 0.15) is 28.9 Å². The molecule has 0 atom stereocenters. The van der Waals surface area contributed by atoms with Crippen LogP contribution in [0.5, 0.6) is 0 Å². The number of Topliss-reactive ketones (excluding diaryl/α,β-unsaturated/α-hetero) is 1. The van der Waals surface area contributed by atoms with E-state index in [4.69, 9.17) is 0 Å². The van der Waals surface area contributed by atoms with Gasteiger partial charge >= 0.3 is 0 Å². The van der Waals surface area contributed by atoms with Gasteiger partial charge in [0.05, 0.1) is 5.69 Å². The van der Waals surface area contributed by atoms with Gasteiger partial charge in [-0.1, -0.05) is 0 Å². The third kappa shape index (κ3) is 3.83. The van der Waals surface area contributed by atoms with Crippen LogP contribution in [0.3, 0.4) is 0 Å². The maximum atomic E-state index is 12.8. The molecule has 3 rings (SSSR count). The highest BCUT2D eigenvalue weighted by Gasteiger charge is 2.10. The summed E-state index contributed by atoms with van der Waals surface area (Å²) in [6, 6.07) is 5.32. The molecule has 0 aliphatic heterocycles. The second-order valence-electron chi connectivity index (χ2n) is 5.21. The molecule has 124 valence electrons. The van der Waals surface area contributed by atoms with Gasteiger partial charge in [-0.15, -0.1) is 11.3 Å². The second-order valence-corrected chi connectivity index (χ2v) is 6.05. The molecule has 2 aromatic heterocycles. The maximum absolute atomic E-state index is 12.8. The van der Waals surface area contributed by atoms with Gasteiger partial charge in [0, 0.05) is 36.8 Å². The number of amides is 1. The van der Waals surface area contributed by atoms with Crippen LogP contribution in [0.2, 0.25) is 0 Å². The van der Waals surface area contributed by atoms with Crippen molar-refractivity contribution < 1.29 is 14.0 Å². The van der Waals surface area contributed by atoms with E-state index in [2.05, 4.69) is 15.4 Å². The smallest absolute Gasteiger partial charge is 0.220 e. The number of nitrogens with zero attached hydrogens (tertiary/aromatic N) is 3. The Morgan fingerprint density at radius 2 is 2.00 bits per heavy atom. The standard InChI is InChI=1S/C16H15FN4O2S/c17-12-3-1-11(2-4-12)14(22)5-6-15(23)18-8-7-13-9-24-16-19-10-20-21(13)16/h1-4,9-10H,5-8H2,(H,18,23). The molecular formula is C16H15FN4O2S. The van der Waals surface area contributed by atoms with Crippen molar-refractivity contribution in [3.63, 3.8) is 0 Å². The highest BCUT2D eigenvalue weighted by Crippen LogP contribution is 2.12. The highest BCUT2D eigenvalue weighted by molar-refractivity contribution is 7.15. The zero-order chi connectivity index (χ0) is 16.9. The van der Waals surface area contributed by atoms with Crippen molar-refractivity contribution in [3.05, 3.63) is 53.0 Å². The molecule has 0 aliphatic carbocycles. The van der Waals surface area contributed by atoms with Crippen LogP contribution >= 0.6 is 11.3 Å². The number of ketones is 1. The molecule has 0 spiro atoms. The summed E-state index contributed by atoms with van der Waals surface area (Å²) in [6.07, 6.45) is 2.35. The Balaban J connectivity index is 1.42. The van der Waals surface area contributed by atoms with E-state index >= 15 is 0 Å². The van der Waals surface area contributed by atoms with E-state index < -0.39 is 0 Å². The van der Waals surface area contributed by atoms with Gasteiger partial charge in [0.1, 0.15) is 12.1 Å². The topological polar surface area (TPSA) is 76.4 Å². The molecule has 1 aromatic carbocycles. The number of aromatic nitrogens is 3. The fraction of sp³-hybridized carbons (Fsp3) is 0.250. The molecule has 6 nitrogen and oxygen atoms in total. The number of hydrogen-bond acceptors (Lipinski definition) is 5. The van der Waals surface area contributed by atoms with Crippen LogP contribution in [0.4, 0.5) is 4.39 Å². The van der Waals surface area contributed by atoms with Gasteiger partial charge in [-0.2, -0.15) is 5.10 Å². The first kappa shape index (κ1) is 16.3. The lowest BCUT2D eigenvalue weighted by atomic mass is 10.1. The second kappa shape index (κ2) is 7.31. The Labute approximate surface area is 141 Å². The van der Waals surface area contributed by atoms with Gasteiger partial charge in [0.25, 0.3) is 0 Å². The first-order valence-corrected chi connectivity index (χ1v) is 8.33. The fourth-order valence-electron chi connectivity index (χ4n) is 2.27. The Bertz CT molecular complexity index is 856. The first-order valence-electron chi connectivity index (χ1n) is 7.45. The zero-order valence-electron chi connectivity index (χ0n) is 12.7. The van der Waals surface area contributed by atoms with Gasteiger partial charge < -0.3 is 5.32 Å². The Kier molecular flexibility index (Phi) is 4.95. The van der Waals surface area contributed by atoms with Gasteiger partial charge in [-0.05, 0) is 24.3 Å². The molecule has 1 N–H and O–H groups in total. The number of hydrogen-bond donors (Lipinski definition) is 1. The summed E-state index contributed by atoms with van der Waals surface area (Å²) in [6.45, 7) is 0.468. The monoisotopic (exact) mass is 346 g/mol. The van der Waals surface area contributed by atoms with Gasteiger partial charge in [0.2, 0.25) is 10.9 Å². The minimum absolute atomic E-state index is 0.100. The number of carbonyl (C=O) groups excluding carboxylic acids is 2. The average Bonchev–Trinajstić information content (AvgIpc) is 3.18. The lowest BCUT2D eigenvalue weighted by Gasteiger charge is -2.04. The molecule has 3 aromatic rings. The van der Waals surface area contributed by atoms with Crippen molar-refractivity contribution in [2.75, 3.05) is 6.54 Å². The molecule has 0 saturated carbocycles. The minimum atomic E-state index is -0.390. The summed E-state index contributed by atoms with van der Waals surface area (Å²) in [5.41, 5.74) is 1.39. The summed E-state index contributed by atoms with van der Waals surface area (Å²) in [7, 11) is 0. The van der Waals surface area contributed by atoms with Crippen molar-refractivity contribution in [2.24, 2.45) is 0 Å². The van der Waals surface area contributed by atoms with Crippen molar-refractivity contribution in [3.8, 4) is 0 Å². The lowest BCUT2D eigenvalue weighted by Crippen LogP contribution is -2.26. The highest BCUT2D eigenvalue weighted by atomic mass is 32.1. The fourth-order valence-corrected chi connectivity index (χ4v) is 3.10. The molecule has 0 bridgehead atoms. The van der Waals surface area contributed by atoms with Gasteiger partial charge in [0.15, 0.2) is 5.78 Å². The van der Waals surface area contributed by atoms with Gasteiger partial charge in [-0.25, -0.2) is 13.9 Å². The summed E-state index contributed by atoms with van der Waals surface area (Å²) in [5, 5.41) is 8.85.